The number of piperazine rings is 1. The first kappa shape index (κ1) is 17.6. The van der Waals surface area contributed by atoms with Gasteiger partial charge in [-0.25, -0.2) is 0 Å². The molecule has 4 rings (SSSR count). The maximum Gasteiger partial charge on any atom is 0.197 e. The van der Waals surface area contributed by atoms with Crippen molar-refractivity contribution in [2.75, 3.05) is 33.2 Å². The molecule has 140 valence electrons. The highest BCUT2D eigenvalue weighted by molar-refractivity contribution is 5.89. The summed E-state index contributed by atoms with van der Waals surface area (Å²) in [4.78, 5) is 17.1. The standard InChI is InChI=1S/C21H22N2O4/c1-22-7-9-23(10-8-22)13-15-16(24)11-17(25)20-18(26)12-19(27-21(15)20)14-5-3-2-4-6-14/h2-6,11-12,24-25H,7-10,13H2,1H3. The number of phenolic OH excluding ortho intramolecular Hbond substituents is 2. The molecule has 1 aliphatic rings. The number of rotatable bonds is 3. The highest BCUT2D eigenvalue weighted by atomic mass is 16.3. The summed E-state index contributed by atoms with van der Waals surface area (Å²) < 4.78 is 6.03. The van der Waals surface area contributed by atoms with E-state index in [2.05, 4.69) is 16.8 Å². The molecule has 1 aromatic heterocycles. The highest BCUT2D eigenvalue weighted by Crippen LogP contribution is 2.35. The van der Waals surface area contributed by atoms with Gasteiger partial charge in [-0.05, 0) is 7.05 Å². The van der Waals surface area contributed by atoms with Crippen molar-refractivity contribution >= 4 is 11.0 Å². The Hall–Kier alpha value is -2.83. The van der Waals surface area contributed by atoms with Crippen LogP contribution in [0, 0.1) is 0 Å². The second-order valence-electron chi connectivity index (χ2n) is 7.02. The molecule has 0 amide bonds. The fraction of sp³-hybridized carbons (Fsp3) is 0.286. The lowest BCUT2D eigenvalue weighted by Gasteiger charge is -2.32. The van der Waals surface area contributed by atoms with Gasteiger partial charge in [0.15, 0.2) is 11.0 Å². The van der Waals surface area contributed by atoms with Crippen LogP contribution in [0.15, 0.2) is 51.7 Å². The minimum absolute atomic E-state index is 0.0627. The van der Waals surface area contributed by atoms with Crippen LogP contribution in [0.2, 0.25) is 0 Å². The lowest BCUT2D eigenvalue weighted by molar-refractivity contribution is 0.147. The second-order valence-corrected chi connectivity index (χ2v) is 7.02. The molecule has 1 saturated heterocycles. The van der Waals surface area contributed by atoms with Gasteiger partial charge in [0.25, 0.3) is 0 Å². The molecule has 0 saturated carbocycles. The van der Waals surface area contributed by atoms with Crippen molar-refractivity contribution in [3.63, 3.8) is 0 Å². The molecule has 27 heavy (non-hydrogen) atoms. The van der Waals surface area contributed by atoms with Crippen LogP contribution in [0.3, 0.4) is 0 Å². The van der Waals surface area contributed by atoms with Crippen molar-refractivity contribution in [3.8, 4) is 22.8 Å². The second kappa shape index (κ2) is 7.06. The van der Waals surface area contributed by atoms with Gasteiger partial charge in [-0.1, -0.05) is 30.3 Å². The Morgan fingerprint density at radius 2 is 1.70 bits per heavy atom. The zero-order valence-electron chi connectivity index (χ0n) is 15.2. The molecular weight excluding hydrogens is 344 g/mol. The molecule has 0 atom stereocenters. The Morgan fingerprint density at radius 3 is 2.41 bits per heavy atom. The van der Waals surface area contributed by atoms with Gasteiger partial charge in [0.1, 0.15) is 22.6 Å². The largest absolute Gasteiger partial charge is 0.507 e. The van der Waals surface area contributed by atoms with Gasteiger partial charge < -0.3 is 19.5 Å². The van der Waals surface area contributed by atoms with E-state index < -0.39 is 0 Å². The molecule has 6 nitrogen and oxygen atoms in total. The smallest absolute Gasteiger partial charge is 0.197 e. The maximum absolute atomic E-state index is 12.7. The summed E-state index contributed by atoms with van der Waals surface area (Å²) in [5.41, 5.74) is 1.22. The number of phenols is 2. The van der Waals surface area contributed by atoms with Crippen molar-refractivity contribution in [2.45, 2.75) is 6.54 Å². The summed E-state index contributed by atoms with van der Waals surface area (Å²) in [7, 11) is 2.08. The summed E-state index contributed by atoms with van der Waals surface area (Å²) in [6.45, 7) is 4.06. The lowest BCUT2D eigenvalue weighted by Crippen LogP contribution is -2.43. The van der Waals surface area contributed by atoms with Crippen LogP contribution in [0.1, 0.15) is 5.56 Å². The molecule has 0 spiro atoms. The molecule has 3 aromatic rings. The quantitative estimate of drug-likeness (QED) is 0.742. The van der Waals surface area contributed by atoms with Crippen LogP contribution in [0.4, 0.5) is 0 Å². The molecule has 0 bridgehead atoms. The summed E-state index contributed by atoms with van der Waals surface area (Å²) in [6, 6.07) is 11.9. The zero-order chi connectivity index (χ0) is 19.0. The third kappa shape index (κ3) is 3.41. The van der Waals surface area contributed by atoms with Crippen molar-refractivity contribution in [2.24, 2.45) is 0 Å². The Balaban J connectivity index is 1.84. The highest BCUT2D eigenvalue weighted by Gasteiger charge is 2.22. The van der Waals surface area contributed by atoms with Crippen molar-refractivity contribution < 1.29 is 14.6 Å². The topological polar surface area (TPSA) is 77.1 Å². The lowest BCUT2D eigenvalue weighted by atomic mass is 10.1. The summed E-state index contributed by atoms with van der Waals surface area (Å²) in [6.07, 6.45) is 0. The normalized spacial score (nSPS) is 16.0. The fourth-order valence-electron chi connectivity index (χ4n) is 3.48. The van der Waals surface area contributed by atoms with Gasteiger partial charge in [-0.15, -0.1) is 0 Å². The minimum atomic E-state index is -0.327. The van der Waals surface area contributed by atoms with Gasteiger partial charge >= 0.3 is 0 Å². The number of hydrogen-bond donors (Lipinski definition) is 2. The molecule has 2 N–H and O–H groups in total. The van der Waals surface area contributed by atoms with E-state index in [1.807, 2.05) is 30.3 Å². The van der Waals surface area contributed by atoms with Crippen LogP contribution in [-0.2, 0) is 6.54 Å². The number of likely N-dealkylation sites (N-methyl/N-ethyl adjacent to an activating group) is 1. The van der Waals surface area contributed by atoms with E-state index in [0.717, 1.165) is 31.7 Å². The van der Waals surface area contributed by atoms with Crippen molar-refractivity contribution in [3.05, 3.63) is 58.3 Å². The number of fused-ring (bicyclic) bond motifs is 1. The third-order valence-corrected chi connectivity index (χ3v) is 5.10. The number of nitrogens with zero attached hydrogens (tertiary/aromatic N) is 2. The Labute approximate surface area is 156 Å². The van der Waals surface area contributed by atoms with Crippen LogP contribution >= 0.6 is 0 Å². The van der Waals surface area contributed by atoms with Crippen LogP contribution in [-0.4, -0.2) is 53.2 Å². The molecule has 1 fully saturated rings. The maximum atomic E-state index is 12.7. The molecular formula is C21H22N2O4. The summed E-state index contributed by atoms with van der Waals surface area (Å²) in [5.74, 6) is 0.0861. The SMILES string of the molecule is CN1CCN(Cc2c(O)cc(O)c3c(=O)cc(-c4ccccc4)oc23)CC1. The summed E-state index contributed by atoms with van der Waals surface area (Å²) in [5, 5.41) is 20.8. The van der Waals surface area contributed by atoms with Crippen molar-refractivity contribution in [1.29, 1.82) is 0 Å². The van der Waals surface area contributed by atoms with Gasteiger partial charge in [-0.3, -0.25) is 9.69 Å². The molecule has 0 aliphatic carbocycles. The first-order valence-corrected chi connectivity index (χ1v) is 9.01. The number of aromatic hydroxyl groups is 2. The molecule has 2 aromatic carbocycles. The number of hydrogen-bond acceptors (Lipinski definition) is 6. The van der Waals surface area contributed by atoms with Crippen LogP contribution in [0.5, 0.6) is 11.5 Å². The van der Waals surface area contributed by atoms with Gasteiger partial charge in [-0.2, -0.15) is 0 Å². The van der Waals surface area contributed by atoms with E-state index in [-0.39, 0.29) is 27.9 Å². The zero-order valence-corrected chi connectivity index (χ0v) is 15.2. The predicted octanol–water partition coefficient (Wildman–Crippen LogP) is 2.62. The average molecular weight is 366 g/mol. The Bertz CT molecular complexity index is 1020. The van der Waals surface area contributed by atoms with E-state index in [9.17, 15) is 15.0 Å². The van der Waals surface area contributed by atoms with E-state index >= 15 is 0 Å². The van der Waals surface area contributed by atoms with E-state index in [1.165, 1.54) is 12.1 Å². The molecule has 0 unspecified atom stereocenters. The predicted molar refractivity (Wildman–Crippen MR) is 104 cm³/mol. The van der Waals surface area contributed by atoms with Gasteiger partial charge in [0, 0.05) is 50.4 Å². The van der Waals surface area contributed by atoms with E-state index in [4.69, 9.17) is 4.42 Å². The molecule has 6 heteroatoms. The van der Waals surface area contributed by atoms with Crippen LogP contribution < -0.4 is 5.43 Å². The monoisotopic (exact) mass is 366 g/mol. The summed E-state index contributed by atoms with van der Waals surface area (Å²) >= 11 is 0. The van der Waals surface area contributed by atoms with E-state index in [1.54, 1.807) is 0 Å². The first-order chi connectivity index (χ1) is 13.0. The first-order valence-electron chi connectivity index (χ1n) is 9.01. The Kier molecular flexibility index (Phi) is 4.59. The van der Waals surface area contributed by atoms with E-state index in [0.29, 0.717) is 17.9 Å². The fourth-order valence-corrected chi connectivity index (χ4v) is 3.48. The van der Waals surface area contributed by atoms with Gasteiger partial charge in [0.05, 0.1) is 5.56 Å². The molecule has 1 aliphatic heterocycles. The van der Waals surface area contributed by atoms with Crippen LogP contribution in [0.25, 0.3) is 22.3 Å². The minimum Gasteiger partial charge on any atom is -0.507 e. The molecule has 2 heterocycles. The number of benzene rings is 2. The van der Waals surface area contributed by atoms with Gasteiger partial charge in [0.2, 0.25) is 0 Å². The average Bonchev–Trinajstić information content (AvgIpc) is 2.66. The Morgan fingerprint density at radius 1 is 1.00 bits per heavy atom. The van der Waals surface area contributed by atoms with Crippen molar-refractivity contribution in [1.82, 2.24) is 9.80 Å². The third-order valence-electron chi connectivity index (χ3n) is 5.10. The molecule has 0 radical (unpaired) electrons.